The first-order valence-corrected chi connectivity index (χ1v) is 9.23. The van der Waals surface area contributed by atoms with Gasteiger partial charge in [0.05, 0.1) is 6.61 Å². The molecule has 2 aromatic rings. The van der Waals surface area contributed by atoms with Crippen LogP contribution in [0.15, 0.2) is 60.7 Å². The minimum atomic E-state index is -0.872. The molecule has 2 aromatic carbocycles. The van der Waals surface area contributed by atoms with Gasteiger partial charge in [-0.05, 0) is 26.3 Å². The second kappa shape index (κ2) is 8.44. The summed E-state index contributed by atoms with van der Waals surface area (Å²) in [5.41, 5.74) is 0.948. The van der Waals surface area contributed by atoms with Crippen LogP contribution in [0, 0.1) is 0 Å². The Labute approximate surface area is 165 Å². The van der Waals surface area contributed by atoms with Crippen molar-refractivity contribution in [2.24, 2.45) is 0 Å². The zero-order valence-electron chi connectivity index (χ0n) is 16.3. The number of amides is 1. The third-order valence-electron chi connectivity index (χ3n) is 4.19. The lowest BCUT2D eigenvalue weighted by Gasteiger charge is -2.30. The Balaban J connectivity index is 1.78. The van der Waals surface area contributed by atoms with E-state index in [0.717, 1.165) is 11.1 Å². The highest BCUT2D eigenvalue weighted by Gasteiger charge is 2.45. The fraction of sp³-hybridized carbons (Fsp3) is 0.364. The summed E-state index contributed by atoms with van der Waals surface area (Å²) in [7, 11) is 0. The SMILES string of the molecule is CC(C)(C)OC(=O)N1C(c2ccccc2)OC[C@H]1C(=O)OCc1ccccc1. The number of carbonyl (C=O) groups is 2. The highest BCUT2D eigenvalue weighted by atomic mass is 16.6. The Morgan fingerprint density at radius 1 is 1.04 bits per heavy atom. The molecule has 1 aliphatic heterocycles. The molecule has 6 heteroatoms. The minimum Gasteiger partial charge on any atom is -0.459 e. The number of hydrogen-bond donors (Lipinski definition) is 0. The predicted octanol–water partition coefficient (Wildman–Crippen LogP) is 4.06. The third kappa shape index (κ3) is 4.89. The zero-order valence-corrected chi connectivity index (χ0v) is 16.3. The lowest BCUT2D eigenvalue weighted by atomic mass is 10.1. The summed E-state index contributed by atoms with van der Waals surface area (Å²) in [4.78, 5) is 26.9. The number of esters is 1. The third-order valence-corrected chi connectivity index (χ3v) is 4.19. The summed E-state index contributed by atoms with van der Waals surface area (Å²) < 4.78 is 16.8. The van der Waals surface area contributed by atoms with Gasteiger partial charge in [0, 0.05) is 5.56 Å². The predicted molar refractivity (Wildman–Crippen MR) is 103 cm³/mol. The molecule has 0 N–H and O–H groups in total. The van der Waals surface area contributed by atoms with E-state index in [0.29, 0.717) is 0 Å². The highest BCUT2D eigenvalue weighted by molar-refractivity contribution is 5.82. The summed E-state index contributed by atoms with van der Waals surface area (Å²) in [6, 6.07) is 17.8. The maximum absolute atomic E-state index is 12.8. The molecule has 0 radical (unpaired) electrons. The summed E-state index contributed by atoms with van der Waals surface area (Å²) in [5, 5.41) is 0. The molecule has 2 atom stereocenters. The quantitative estimate of drug-likeness (QED) is 0.745. The van der Waals surface area contributed by atoms with E-state index in [-0.39, 0.29) is 13.2 Å². The Hall–Kier alpha value is -2.86. The van der Waals surface area contributed by atoms with E-state index < -0.39 is 29.9 Å². The number of hydrogen-bond acceptors (Lipinski definition) is 5. The average molecular weight is 383 g/mol. The lowest BCUT2D eigenvalue weighted by molar-refractivity contribution is -0.150. The molecule has 1 saturated heterocycles. The van der Waals surface area contributed by atoms with Gasteiger partial charge in [-0.1, -0.05) is 60.7 Å². The van der Waals surface area contributed by atoms with E-state index in [4.69, 9.17) is 14.2 Å². The smallest absolute Gasteiger partial charge is 0.413 e. The van der Waals surface area contributed by atoms with Crippen molar-refractivity contribution >= 4 is 12.1 Å². The van der Waals surface area contributed by atoms with Crippen molar-refractivity contribution in [2.75, 3.05) is 6.61 Å². The number of rotatable bonds is 4. The largest absolute Gasteiger partial charge is 0.459 e. The van der Waals surface area contributed by atoms with E-state index in [2.05, 4.69) is 0 Å². The molecule has 3 rings (SSSR count). The fourth-order valence-corrected chi connectivity index (χ4v) is 2.92. The summed E-state index contributed by atoms with van der Waals surface area (Å²) >= 11 is 0. The Bertz CT molecular complexity index is 801. The Kier molecular flexibility index (Phi) is 5.99. The van der Waals surface area contributed by atoms with Crippen molar-refractivity contribution in [3.63, 3.8) is 0 Å². The molecule has 0 spiro atoms. The molecule has 1 amide bonds. The number of carbonyl (C=O) groups excluding carboxylic acids is 2. The summed E-state index contributed by atoms with van der Waals surface area (Å²) in [5.74, 6) is -0.520. The van der Waals surface area contributed by atoms with Gasteiger partial charge >= 0.3 is 12.1 Å². The van der Waals surface area contributed by atoms with Gasteiger partial charge in [0.15, 0.2) is 12.3 Å². The van der Waals surface area contributed by atoms with Crippen molar-refractivity contribution in [3.8, 4) is 0 Å². The van der Waals surface area contributed by atoms with E-state index in [1.807, 2.05) is 60.7 Å². The van der Waals surface area contributed by atoms with Crippen molar-refractivity contribution in [3.05, 3.63) is 71.8 Å². The van der Waals surface area contributed by atoms with Crippen molar-refractivity contribution in [2.45, 2.75) is 45.2 Å². The normalized spacial score (nSPS) is 19.3. The zero-order chi connectivity index (χ0) is 20.1. The fourth-order valence-electron chi connectivity index (χ4n) is 2.92. The molecule has 1 heterocycles. The second-order valence-electron chi connectivity index (χ2n) is 7.59. The van der Waals surface area contributed by atoms with E-state index >= 15 is 0 Å². The van der Waals surface area contributed by atoms with Crippen LogP contribution < -0.4 is 0 Å². The van der Waals surface area contributed by atoms with Crippen LogP contribution >= 0.6 is 0 Å². The van der Waals surface area contributed by atoms with Crippen LogP contribution in [0.2, 0.25) is 0 Å². The van der Waals surface area contributed by atoms with E-state index in [1.54, 1.807) is 20.8 Å². The highest BCUT2D eigenvalue weighted by Crippen LogP contribution is 2.33. The monoisotopic (exact) mass is 383 g/mol. The van der Waals surface area contributed by atoms with Gasteiger partial charge in [-0.2, -0.15) is 0 Å². The molecule has 6 nitrogen and oxygen atoms in total. The van der Waals surface area contributed by atoms with Gasteiger partial charge < -0.3 is 14.2 Å². The van der Waals surface area contributed by atoms with Crippen LogP contribution in [0.3, 0.4) is 0 Å². The number of nitrogens with zero attached hydrogens (tertiary/aromatic N) is 1. The van der Waals surface area contributed by atoms with Gasteiger partial charge in [0.2, 0.25) is 0 Å². The molecule has 1 fully saturated rings. The van der Waals surface area contributed by atoms with Gasteiger partial charge in [0.1, 0.15) is 12.2 Å². The molecule has 0 saturated carbocycles. The maximum atomic E-state index is 12.8. The molecule has 28 heavy (non-hydrogen) atoms. The maximum Gasteiger partial charge on any atom is 0.413 e. The summed E-state index contributed by atoms with van der Waals surface area (Å²) in [6.45, 7) is 5.52. The Morgan fingerprint density at radius 2 is 1.64 bits per heavy atom. The first-order chi connectivity index (χ1) is 13.3. The van der Waals surface area contributed by atoms with Crippen LogP contribution in [0.25, 0.3) is 0 Å². The van der Waals surface area contributed by atoms with E-state index in [9.17, 15) is 9.59 Å². The van der Waals surface area contributed by atoms with Crippen LogP contribution in [-0.2, 0) is 25.6 Å². The second-order valence-corrected chi connectivity index (χ2v) is 7.59. The van der Waals surface area contributed by atoms with Crippen LogP contribution in [0.5, 0.6) is 0 Å². The first-order valence-electron chi connectivity index (χ1n) is 9.23. The van der Waals surface area contributed by atoms with Crippen LogP contribution in [0.4, 0.5) is 4.79 Å². The van der Waals surface area contributed by atoms with Crippen LogP contribution in [0.1, 0.15) is 38.1 Å². The van der Waals surface area contributed by atoms with Crippen molar-refractivity contribution in [1.29, 1.82) is 0 Å². The van der Waals surface area contributed by atoms with E-state index in [1.165, 1.54) is 4.90 Å². The standard InChI is InChI=1S/C22H25NO5/c1-22(2,3)28-21(25)23-18(15-26-19(23)17-12-8-5-9-13-17)20(24)27-14-16-10-6-4-7-11-16/h4-13,18-19H,14-15H2,1-3H3/t18-,19?/m0/s1. The minimum absolute atomic E-state index is 0.0480. The van der Waals surface area contributed by atoms with Crippen LogP contribution in [-0.4, -0.2) is 35.2 Å². The van der Waals surface area contributed by atoms with Crippen molar-refractivity contribution in [1.82, 2.24) is 4.90 Å². The molecule has 0 aromatic heterocycles. The molecule has 1 aliphatic rings. The molecular formula is C22H25NO5. The van der Waals surface area contributed by atoms with Crippen molar-refractivity contribution < 1.29 is 23.8 Å². The molecule has 1 unspecified atom stereocenters. The molecular weight excluding hydrogens is 358 g/mol. The molecule has 0 aliphatic carbocycles. The van der Waals surface area contributed by atoms with Gasteiger partial charge in [0.25, 0.3) is 0 Å². The van der Waals surface area contributed by atoms with Gasteiger partial charge in [-0.3, -0.25) is 4.90 Å². The Morgan fingerprint density at radius 3 is 2.25 bits per heavy atom. The summed E-state index contributed by atoms with van der Waals surface area (Å²) in [6.07, 6.45) is -1.31. The van der Waals surface area contributed by atoms with Gasteiger partial charge in [-0.25, -0.2) is 9.59 Å². The lowest BCUT2D eigenvalue weighted by Crippen LogP contribution is -2.46. The van der Waals surface area contributed by atoms with Gasteiger partial charge in [-0.15, -0.1) is 0 Å². The average Bonchev–Trinajstić information content (AvgIpc) is 3.12. The molecule has 0 bridgehead atoms. The number of ether oxygens (including phenoxy) is 3. The topological polar surface area (TPSA) is 65.1 Å². The first kappa shape index (κ1) is 19.9. The number of benzene rings is 2. The molecule has 148 valence electrons.